The maximum Gasteiger partial charge on any atom is 0.410 e. The maximum atomic E-state index is 12.9. The molecular weight excluding hydrogens is 482 g/mol. The van der Waals surface area contributed by atoms with E-state index in [-0.39, 0.29) is 12.1 Å². The van der Waals surface area contributed by atoms with Gasteiger partial charge in [-0.2, -0.15) is 0 Å². The Morgan fingerprint density at radius 1 is 1.28 bits per heavy atom. The normalized spacial score (nSPS) is 16.1. The van der Waals surface area contributed by atoms with Crippen molar-refractivity contribution in [2.24, 2.45) is 0 Å². The topological polar surface area (TPSA) is 106 Å². The highest BCUT2D eigenvalue weighted by atomic mass is 35.5. The molecule has 1 aliphatic heterocycles. The number of ether oxygens (including phenoxy) is 2. The number of aromatic amines is 1. The molecule has 0 spiro atoms. The van der Waals surface area contributed by atoms with Crippen molar-refractivity contribution >= 4 is 28.6 Å². The number of hydrogen-bond donors (Lipinski definition) is 2. The lowest BCUT2D eigenvalue weighted by Gasteiger charge is -2.35. The van der Waals surface area contributed by atoms with Gasteiger partial charge >= 0.3 is 6.09 Å². The summed E-state index contributed by atoms with van der Waals surface area (Å²) in [5.41, 5.74) is 4.07. The number of nitrogens with one attached hydrogen (secondary N) is 1. The van der Waals surface area contributed by atoms with Gasteiger partial charge in [0.05, 0.1) is 32.1 Å². The van der Waals surface area contributed by atoms with Gasteiger partial charge in [-0.05, 0) is 54.8 Å². The molecule has 9 nitrogen and oxygen atoms in total. The zero-order valence-electron chi connectivity index (χ0n) is 19.9. The largest absolute Gasteiger partial charge is 0.493 e. The van der Waals surface area contributed by atoms with Crippen LogP contribution in [0.2, 0.25) is 5.02 Å². The van der Waals surface area contributed by atoms with Gasteiger partial charge in [-0.1, -0.05) is 28.9 Å². The zero-order chi connectivity index (χ0) is 25.1. The highest BCUT2D eigenvalue weighted by Gasteiger charge is 2.35. The molecule has 0 fully saturated rings. The van der Waals surface area contributed by atoms with Gasteiger partial charge in [-0.3, -0.25) is 4.90 Å². The van der Waals surface area contributed by atoms with Crippen molar-refractivity contribution in [3.8, 4) is 5.75 Å². The third-order valence-electron chi connectivity index (χ3n) is 6.38. The summed E-state index contributed by atoms with van der Waals surface area (Å²) in [5.74, 6) is 0.689. The van der Waals surface area contributed by atoms with E-state index in [1.54, 1.807) is 22.0 Å². The second-order valence-electron chi connectivity index (χ2n) is 8.74. The van der Waals surface area contributed by atoms with E-state index in [9.17, 15) is 9.90 Å². The summed E-state index contributed by atoms with van der Waals surface area (Å²) >= 11 is 6.27. The van der Waals surface area contributed by atoms with Crippen LogP contribution < -0.4 is 4.74 Å². The third-order valence-corrected chi connectivity index (χ3v) is 6.61. The van der Waals surface area contributed by atoms with Crippen LogP contribution in [0.3, 0.4) is 0 Å². The van der Waals surface area contributed by atoms with E-state index in [0.717, 1.165) is 22.2 Å². The molecule has 0 aliphatic carbocycles. The Balaban J connectivity index is 1.34. The van der Waals surface area contributed by atoms with Crippen LogP contribution in [0.25, 0.3) is 10.9 Å². The van der Waals surface area contributed by atoms with Crippen LogP contribution in [-0.2, 0) is 17.7 Å². The van der Waals surface area contributed by atoms with E-state index in [2.05, 4.69) is 15.3 Å². The van der Waals surface area contributed by atoms with Gasteiger partial charge < -0.3 is 19.6 Å². The second-order valence-corrected chi connectivity index (χ2v) is 9.17. The average molecular weight is 510 g/mol. The quantitative estimate of drug-likeness (QED) is 0.366. The van der Waals surface area contributed by atoms with Crippen molar-refractivity contribution in [3.63, 3.8) is 0 Å². The van der Waals surface area contributed by atoms with E-state index < -0.39 is 6.10 Å². The van der Waals surface area contributed by atoms with Crippen molar-refractivity contribution < 1.29 is 19.4 Å². The van der Waals surface area contributed by atoms with Gasteiger partial charge in [-0.15, -0.1) is 5.10 Å². The first-order valence-corrected chi connectivity index (χ1v) is 12.4. The lowest BCUT2D eigenvalue weighted by Crippen LogP contribution is -2.40. The number of amides is 1. The number of halogens is 1. The Bertz CT molecular complexity index is 1320. The fourth-order valence-corrected chi connectivity index (χ4v) is 4.88. The van der Waals surface area contributed by atoms with Gasteiger partial charge in [0.2, 0.25) is 0 Å². The molecule has 188 valence electrons. The van der Waals surface area contributed by atoms with Crippen molar-refractivity contribution in [1.29, 1.82) is 0 Å². The van der Waals surface area contributed by atoms with Crippen molar-refractivity contribution in [2.45, 2.75) is 38.5 Å². The summed E-state index contributed by atoms with van der Waals surface area (Å²) in [5, 5.41) is 19.5. The summed E-state index contributed by atoms with van der Waals surface area (Å²) in [4.78, 5) is 18.1. The van der Waals surface area contributed by atoms with Crippen LogP contribution in [-0.4, -0.2) is 61.9 Å². The molecule has 3 heterocycles. The highest BCUT2D eigenvalue weighted by Crippen LogP contribution is 2.39. The first kappa shape index (κ1) is 24.1. The zero-order valence-corrected chi connectivity index (χ0v) is 20.7. The van der Waals surface area contributed by atoms with Gasteiger partial charge in [0.15, 0.2) is 0 Å². The number of aliphatic hydroxyl groups excluding tert-OH is 1. The Kier molecular flexibility index (Phi) is 7.11. The number of rotatable bonds is 8. The van der Waals surface area contributed by atoms with Crippen LogP contribution in [0.1, 0.15) is 36.2 Å². The Labute approximate surface area is 213 Å². The molecule has 0 radical (unpaired) electrons. The predicted molar refractivity (Wildman–Crippen MR) is 135 cm³/mol. The van der Waals surface area contributed by atoms with Crippen molar-refractivity contribution in [2.75, 3.05) is 19.8 Å². The van der Waals surface area contributed by atoms with Crippen LogP contribution in [0, 0.1) is 0 Å². The average Bonchev–Trinajstić information content (AvgIpc) is 3.51. The lowest BCUT2D eigenvalue weighted by atomic mass is 9.92. The van der Waals surface area contributed by atoms with E-state index in [1.165, 1.54) is 5.56 Å². The number of carbonyl (C=O) groups is 1. The van der Waals surface area contributed by atoms with Crippen molar-refractivity contribution in [3.05, 3.63) is 76.7 Å². The van der Waals surface area contributed by atoms with Crippen LogP contribution in [0.5, 0.6) is 5.75 Å². The van der Waals surface area contributed by atoms with Gasteiger partial charge in [0.1, 0.15) is 11.8 Å². The van der Waals surface area contributed by atoms with Crippen LogP contribution in [0.15, 0.2) is 54.9 Å². The molecular formula is C26H28ClN5O4. The molecule has 1 aliphatic rings. The van der Waals surface area contributed by atoms with E-state index >= 15 is 0 Å². The summed E-state index contributed by atoms with van der Waals surface area (Å²) in [6, 6.07) is 13.2. The Morgan fingerprint density at radius 2 is 2.11 bits per heavy atom. The molecule has 5 rings (SSSR count). The third kappa shape index (κ3) is 5.03. The van der Waals surface area contributed by atoms with Crippen LogP contribution >= 0.6 is 11.6 Å². The summed E-state index contributed by atoms with van der Waals surface area (Å²) in [6.07, 6.45) is 3.53. The number of benzene rings is 2. The molecule has 0 saturated carbocycles. The molecule has 1 amide bonds. The number of H-pyrrole nitrogens is 1. The predicted octanol–water partition coefficient (Wildman–Crippen LogP) is 4.35. The number of hydrogen-bond acceptors (Lipinski definition) is 6. The van der Waals surface area contributed by atoms with Gasteiger partial charge in [0.25, 0.3) is 0 Å². The van der Waals surface area contributed by atoms with Gasteiger partial charge in [0, 0.05) is 40.8 Å². The lowest BCUT2D eigenvalue weighted by molar-refractivity contribution is 0.0932. The standard InChI is InChI=1S/C26H28ClN5O4/c1-2-35-26(34)32-12-9-21-22-15-18(27)5-8-23(22)29-24(21)25(32)17-3-6-20(7-4-17)36-14-10-19(33)16-31-13-11-28-30-31/h3-8,11,13,15,19,25,29,33H,2,9-10,12,14,16H2,1H3. The second kappa shape index (κ2) is 10.6. The van der Waals surface area contributed by atoms with E-state index in [0.29, 0.717) is 49.9 Å². The molecule has 36 heavy (non-hydrogen) atoms. The number of aliphatic hydroxyl groups is 1. The minimum atomic E-state index is -0.583. The number of carbonyl (C=O) groups excluding carboxylic acids is 1. The number of nitrogens with zero attached hydrogens (tertiary/aromatic N) is 4. The smallest absolute Gasteiger partial charge is 0.410 e. The first-order chi connectivity index (χ1) is 17.5. The SMILES string of the molecule is CCOC(=O)N1CCc2c([nH]c3ccc(Cl)cc23)C1c1ccc(OCCC(O)Cn2ccnn2)cc1. The first-order valence-electron chi connectivity index (χ1n) is 12.0. The molecule has 4 aromatic rings. The highest BCUT2D eigenvalue weighted by molar-refractivity contribution is 6.31. The summed E-state index contributed by atoms with van der Waals surface area (Å²) in [7, 11) is 0. The summed E-state index contributed by atoms with van der Waals surface area (Å²) < 4.78 is 12.8. The van der Waals surface area contributed by atoms with Gasteiger partial charge in [-0.25, -0.2) is 9.48 Å². The minimum Gasteiger partial charge on any atom is -0.493 e. The fraction of sp³-hybridized carbons (Fsp3) is 0.346. The van der Waals surface area contributed by atoms with E-state index in [1.807, 2.05) is 49.4 Å². The minimum absolute atomic E-state index is 0.312. The van der Waals surface area contributed by atoms with E-state index in [4.69, 9.17) is 21.1 Å². The Morgan fingerprint density at radius 3 is 2.86 bits per heavy atom. The Hall–Kier alpha value is -3.56. The molecule has 0 saturated heterocycles. The maximum absolute atomic E-state index is 12.9. The summed E-state index contributed by atoms with van der Waals surface area (Å²) in [6.45, 7) is 3.39. The number of aromatic nitrogens is 4. The molecule has 10 heteroatoms. The molecule has 2 atom stereocenters. The monoisotopic (exact) mass is 509 g/mol. The molecule has 2 N–H and O–H groups in total. The van der Waals surface area contributed by atoms with Crippen molar-refractivity contribution in [1.82, 2.24) is 24.9 Å². The molecule has 2 aromatic carbocycles. The fourth-order valence-electron chi connectivity index (χ4n) is 4.71. The number of fused-ring (bicyclic) bond motifs is 3. The molecule has 2 aromatic heterocycles. The molecule has 0 bridgehead atoms. The molecule has 2 unspecified atom stereocenters. The van der Waals surface area contributed by atoms with Crippen LogP contribution in [0.4, 0.5) is 4.79 Å².